The third-order valence-electron chi connectivity index (χ3n) is 3.06. The zero-order chi connectivity index (χ0) is 15.1. The van der Waals surface area contributed by atoms with E-state index in [0.717, 1.165) is 5.56 Å². The Kier molecular flexibility index (Phi) is 6.27. The average Bonchev–Trinajstić information content (AvgIpc) is 2.47. The van der Waals surface area contributed by atoms with Gasteiger partial charge in [-0.15, -0.1) is 0 Å². The number of hydrogen-bond donors (Lipinski definition) is 2. The topological polar surface area (TPSA) is 82.8 Å². The smallest absolute Gasteiger partial charge is 0.250 e. The molecule has 2 atom stereocenters. The molecular weight excluding hydrogens is 260 g/mol. The summed E-state index contributed by atoms with van der Waals surface area (Å²) in [5.74, 6) is 1.03. The zero-order valence-electron chi connectivity index (χ0n) is 12.3. The van der Waals surface area contributed by atoms with Gasteiger partial charge in [0.2, 0.25) is 0 Å². The highest BCUT2D eigenvalue weighted by atomic mass is 16.5. The van der Waals surface area contributed by atoms with E-state index in [-0.39, 0.29) is 18.5 Å². The van der Waals surface area contributed by atoms with Gasteiger partial charge in [-0.1, -0.05) is 6.07 Å². The van der Waals surface area contributed by atoms with E-state index in [1.54, 1.807) is 20.3 Å². The van der Waals surface area contributed by atoms with Gasteiger partial charge in [-0.2, -0.15) is 0 Å². The van der Waals surface area contributed by atoms with Crippen molar-refractivity contribution >= 4 is 5.91 Å². The molecule has 1 aromatic rings. The monoisotopic (exact) mass is 282 g/mol. The van der Waals surface area contributed by atoms with Gasteiger partial charge in [0, 0.05) is 13.7 Å². The molecular formula is C14H22N2O4. The van der Waals surface area contributed by atoms with Crippen LogP contribution >= 0.6 is 0 Å². The molecule has 0 heterocycles. The van der Waals surface area contributed by atoms with Gasteiger partial charge in [0.15, 0.2) is 11.5 Å². The molecule has 1 amide bonds. The normalized spacial score (nSPS) is 13.4. The predicted octanol–water partition coefficient (Wildman–Crippen LogP) is 0.855. The Morgan fingerprint density at radius 2 is 1.90 bits per heavy atom. The molecule has 0 bridgehead atoms. The van der Waals surface area contributed by atoms with Crippen LogP contribution < -0.4 is 20.5 Å². The Hall–Kier alpha value is -1.79. The SMILES string of the molecule is COc1ccc(C(C)NC(=O)C(CN)OC)cc1OC. The first kappa shape index (κ1) is 16.3. The van der Waals surface area contributed by atoms with Crippen LogP contribution in [0.4, 0.5) is 0 Å². The Labute approximate surface area is 119 Å². The molecule has 2 unspecified atom stereocenters. The summed E-state index contributed by atoms with van der Waals surface area (Å²) in [5.41, 5.74) is 6.37. The maximum absolute atomic E-state index is 11.9. The summed E-state index contributed by atoms with van der Waals surface area (Å²) in [7, 11) is 4.60. The number of benzene rings is 1. The number of methoxy groups -OCH3 is 3. The highest BCUT2D eigenvalue weighted by Gasteiger charge is 2.19. The highest BCUT2D eigenvalue weighted by molar-refractivity contribution is 5.81. The standard InChI is InChI=1S/C14H22N2O4/c1-9(16-14(17)13(8-15)20-4)10-5-6-11(18-2)12(7-10)19-3/h5-7,9,13H,8,15H2,1-4H3,(H,16,17). The minimum absolute atomic E-state index is 0.140. The van der Waals surface area contributed by atoms with Gasteiger partial charge in [0.25, 0.3) is 5.91 Å². The number of rotatable bonds is 7. The summed E-state index contributed by atoms with van der Waals surface area (Å²) in [6, 6.07) is 5.31. The van der Waals surface area contributed by atoms with Crippen molar-refractivity contribution in [3.63, 3.8) is 0 Å². The van der Waals surface area contributed by atoms with Crippen LogP contribution in [0.25, 0.3) is 0 Å². The van der Waals surface area contributed by atoms with E-state index in [0.29, 0.717) is 11.5 Å². The van der Waals surface area contributed by atoms with Gasteiger partial charge in [0.05, 0.1) is 20.3 Å². The number of carbonyl (C=O) groups is 1. The van der Waals surface area contributed by atoms with E-state index in [1.165, 1.54) is 7.11 Å². The first-order valence-corrected chi connectivity index (χ1v) is 6.32. The summed E-state index contributed by atoms with van der Waals surface area (Å²) in [5, 5.41) is 2.85. The second kappa shape index (κ2) is 7.72. The lowest BCUT2D eigenvalue weighted by atomic mass is 10.1. The summed E-state index contributed by atoms with van der Waals surface area (Å²) in [6.45, 7) is 2.02. The maximum Gasteiger partial charge on any atom is 0.250 e. The van der Waals surface area contributed by atoms with Crippen LogP contribution in [-0.2, 0) is 9.53 Å². The van der Waals surface area contributed by atoms with Gasteiger partial charge in [0.1, 0.15) is 6.10 Å². The van der Waals surface area contributed by atoms with Gasteiger partial charge < -0.3 is 25.3 Å². The van der Waals surface area contributed by atoms with E-state index in [1.807, 2.05) is 19.1 Å². The van der Waals surface area contributed by atoms with Gasteiger partial charge in [-0.25, -0.2) is 0 Å². The van der Waals surface area contributed by atoms with Crippen LogP contribution in [0.5, 0.6) is 11.5 Å². The van der Waals surface area contributed by atoms with Crippen molar-refractivity contribution < 1.29 is 19.0 Å². The molecule has 0 radical (unpaired) electrons. The largest absolute Gasteiger partial charge is 0.493 e. The van der Waals surface area contributed by atoms with Crippen LogP contribution in [0.2, 0.25) is 0 Å². The van der Waals surface area contributed by atoms with Crippen LogP contribution in [0.1, 0.15) is 18.5 Å². The lowest BCUT2D eigenvalue weighted by molar-refractivity contribution is -0.131. The molecule has 112 valence electrons. The van der Waals surface area contributed by atoms with Crippen molar-refractivity contribution in [2.24, 2.45) is 5.73 Å². The summed E-state index contributed by atoms with van der Waals surface area (Å²) in [6.07, 6.45) is -0.641. The van der Waals surface area contributed by atoms with E-state index in [2.05, 4.69) is 5.32 Å². The zero-order valence-corrected chi connectivity index (χ0v) is 12.3. The molecule has 0 aliphatic carbocycles. The number of nitrogens with one attached hydrogen (secondary N) is 1. The van der Waals surface area contributed by atoms with Crippen molar-refractivity contribution in [2.75, 3.05) is 27.9 Å². The molecule has 1 aromatic carbocycles. The second-order valence-electron chi connectivity index (χ2n) is 4.30. The fourth-order valence-corrected chi connectivity index (χ4v) is 1.82. The van der Waals surface area contributed by atoms with Crippen molar-refractivity contribution in [3.05, 3.63) is 23.8 Å². The van der Waals surface area contributed by atoms with Crippen molar-refractivity contribution in [1.82, 2.24) is 5.32 Å². The fourth-order valence-electron chi connectivity index (χ4n) is 1.82. The number of amides is 1. The second-order valence-corrected chi connectivity index (χ2v) is 4.30. The Balaban J connectivity index is 2.82. The molecule has 0 aliphatic rings. The quantitative estimate of drug-likeness (QED) is 0.775. The average molecular weight is 282 g/mol. The molecule has 20 heavy (non-hydrogen) atoms. The summed E-state index contributed by atoms with van der Waals surface area (Å²) >= 11 is 0. The predicted molar refractivity (Wildman–Crippen MR) is 76.0 cm³/mol. The minimum Gasteiger partial charge on any atom is -0.493 e. The highest BCUT2D eigenvalue weighted by Crippen LogP contribution is 2.29. The Bertz CT molecular complexity index is 447. The number of hydrogen-bond acceptors (Lipinski definition) is 5. The molecule has 0 aliphatic heterocycles. The Morgan fingerprint density at radius 1 is 1.25 bits per heavy atom. The molecule has 0 saturated carbocycles. The molecule has 3 N–H and O–H groups in total. The van der Waals surface area contributed by atoms with E-state index < -0.39 is 6.10 Å². The summed E-state index contributed by atoms with van der Waals surface area (Å²) < 4.78 is 15.4. The van der Waals surface area contributed by atoms with Gasteiger partial charge in [-0.3, -0.25) is 4.79 Å². The van der Waals surface area contributed by atoms with E-state index >= 15 is 0 Å². The van der Waals surface area contributed by atoms with Crippen molar-refractivity contribution in [1.29, 1.82) is 0 Å². The van der Waals surface area contributed by atoms with E-state index in [4.69, 9.17) is 19.9 Å². The molecule has 6 heteroatoms. The van der Waals surface area contributed by atoms with Crippen LogP contribution in [0, 0.1) is 0 Å². The maximum atomic E-state index is 11.9. The first-order chi connectivity index (χ1) is 9.57. The molecule has 0 spiro atoms. The first-order valence-electron chi connectivity index (χ1n) is 6.32. The third-order valence-corrected chi connectivity index (χ3v) is 3.06. The molecule has 6 nitrogen and oxygen atoms in total. The summed E-state index contributed by atoms with van der Waals surface area (Å²) in [4.78, 5) is 11.9. The minimum atomic E-state index is -0.641. The van der Waals surface area contributed by atoms with E-state index in [9.17, 15) is 4.79 Å². The number of carbonyl (C=O) groups excluding carboxylic acids is 1. The third kappa shape index (κ3) is 3.85. The fraction of sp³-hybridized carbons (Fsp3) is 0.500. The van der Waals surface area contributed by atoms with Crippen molar-refractivity contribution in [2.45, 2.75) is 19.1 Å². The Morgan fingerprint density at radius 3 is 2.40 bits per heavy atom. The van der Waals surface area contributed by atoms with Crippen LogP contribution in [0.15, 0.2) is 18.2 Å². The number of nitrogens with two attached hydrogens (primary N) is 1. The number of ether oxygens (including phenoxy) is 3. The molecule has 0 fully saturated rings. The molecule has 0 saturated heterocycles. The van der Waals surface area contributed by atoms with Gasteiger partial charge >= 0.3 is 0 Å². The lowest BCUT2D eigenvalue weighted by Crippen LogP contribution is -2.41. The van der Waals surface area contributed by atoms with Gasteiger partial charge in [-0.05, 0) is 24.6 Å². The lowest BCUT2D eigenvalue weighted by Gasteiger charge is -2.19. The molecule has 1 rings (SSSR count). The molecule has 0 aromatic heterocycles. The van der Waals surface area contributed by atoms with Crippen molar-refractivity contribution in [3.8, 4) is 11.5 Å². The van der Waals surface area contributed by atoms with Crippen LogP contribution in [0.3, 0.4) is 0 Å². The van der Waals surface area contributed by atoms with Crippen LogP contribution in [-0.4, -0.2) is 39.9 Å².